The molecular weight excluding hydrogens is 294 g/mol. The Bertz CT molecular complexity index is 672. The van der Waals surface area contributed by atoms with Crippen LogP contribution in [0.1, 0.15) is 23.2 Å². The molecule has 1 heterocycles. The fourth-order valence-electron chi connectivity index (χ4n) is 1.89. The van der Waals surface area contributed by atoms with Crippen LogP contribution in [0.4, 0.5) is 5.69 Å². The van der Waals surface area contributed by atoms with Gasteiger partial charge in [0.25, 0.3) is 0 Å². The van der Waals surface area contributed by atoms with E-state index in [-0.39, 0.29) is 37.0 Å². The molecule has 2 rings (SSSR count). The molecule has 23 heavy (non-hydrogen) atoms. The van der Waals surface area contributed by atoms with Crippen molar-refractivity contribution >= 4 is 23.3 Å². The molecule has 6 heteroatoms. The van der Waals surface area contributed by atoms with Crippen molar-refractivity contribution in [2.75, 3.05) is 11.9 Å². The Morgan fingerprint density at radius 2 is 1.70 bits per heavy atom. The number of nitrogens with zero attached hydrogens (tertiary/aromatic N) is 1. The highest BCUT2D eigenvalue weighted by Gasteiger charge is 2.10. The summed E-state index contributed by atoms with van der Waals surface area (Å²) in [4.78, 5) is 39.0. The molecular formula is C17H17N3O3. The van der Waals surface area contributed by atoms with E-state index in [4.69, 9.17) is 0 Å². The van der Waals surface area contributed by atoms with Gasteiger partial charge in [-0.05, 0) is 24.3 Å². The molecule has 1 aromatic heterocycles. The van der Waals surface area contributed by atoms with Gasteiger partial charge in [0.1, 0.15) is 0 Å². The first-order chi connectivity index (χ1) is 11.1. The fraction of sp³-hybridized carbons (Fsp3) is 0.176. The summed E-state index contributed by atoms with van der Waals surface area (Å²) in [6, 6.07) is 12.3. The third kappa shape index (κ3) is 5.70. The summed E-state index contributed by atoms with van der Waals surface area (Å²) in [5.74, 6) is -0.810. The molecule has 0 bridgehead atoms. The average Bonchev–Trinajstić information content (AvgIpc) is 2.59. The fourth-order valence-corrected chi connectivity index (χ4v) is 1.89. The van der Waals surface area contributed by atoms with Crippen LogP contribution in [0.2, 0.25) is 0 Å². The average molecular weight is 311 g/mol. The summed E-state index contributed by atoms with van der Waals surface area (Å²) in [5.41, 5.74) is 1.14. The zero-order valence-electron chi connectivity index (χ0n) is 12.5. The third-order valence-electron chi connectivity index (χ3n) is 3.07. The van der Waals surface area contributed by atoms with E-state index < -0.39 is 0 Å². The molecule has 2 N–H and O–H groups in total. The van der Waals surface area contributed by atoms with Crippen LogP contribution in [0.5, 0.6) is 0 Å². The number of pyridine rings is 1. The van der Waals surface area contributed by atoms with Crippen LogP contribution in [0, 0.1) is 0 Å². The molecule has 0 atom stereocenters. The number of hydrogen-bond donors (Lipinski definition) is 2. The van der Waals surface area contributed by atoms with E-state index in [1.54, 1.807) is 42.6 Å². The van der Waals surface area contributed by atoms with Crippen molar-refractivity contribution in [3.8, 4) is 0 Å². The SMILES string of the molecule is O=C(CCC(=O)c1cccnc1)NCC(=O)Nc1ccccc1. The predicted octanol–water partition coefficient (Wildman–Crippen LogP) is 1.80. The van der Waals surface area contributed by atoms with Crippen molar-refractivity contribution in [3.05, 3.63) is 60.4 Å². The molecule has 0 unspecified atom stereocenters. The lowest BCUT2D eigenvalue weighted by Gasteiger charge is -2.06. The minimum atomic E-state index is -0.342. The first-order valence-electron chi connectivity index (χ1n) is 7.20. The highest BCUT2D eigenvalue weighted by molar-refractivity contribution is 5.98. The Balaban J connectivity index is 1.69. The lowest BCUT2D eigenvalue weighted by atomic mass is 10.1. The Morgan fingerprint density at radius 3 is 2.39 bits per heavy atom. The van der Waals surface area contributed by atoms with Crippen LogP contribution in [0.15, 0.2) is 54.9 Å². The van der Waals surface area contributed by atoms with Crippen LogP contribution < -0.4 is 10.6 Å². The molecule has 0 aliphatic carbocycles. The zero-order chi connectivity index (χ0) is 16.5. The minimum Gasteiger partial charge on any atom is -0.347 e. The Hall–Kier alpha value is -3.02. The summed E-state index contributed by atoms with van der Waals surface area (Å²) in [6.45, 7) is -0.130. The number of nitrogens with one attached hydrogen (secondary N) is 2. The summed E-state index contributed by atoms with van der Waals surface area (Å²) in [5, 5.41) is 5.15. The van der Waals surface area contributed by atoms with Gasteiger partial charge in [-0.3, -0.25) is 19.4 Å². The number of hydrogen-bond acceptors (Lipinski definition) is 4. The van der Waals surface area contributed by atoms with Crippen LogP contribution in [0.3, 0.4) is 0 Å². The first kappa shape index (κ1) is 16.4. The van der Waals surface area contributed by atoms with E-state index in [0.29, 0.717) is 11.3 Å². The Morgan fingerprint density at radius 1 is 0.913 bits per heavy atom. The maximum Gasteiger partial charge on any atom is 0.243 e. The second-order valence-corrected chi connectivity index (χ2v) is 4.86. The van der Waals surface area contributed by atoms with Gasteiger partial charge in [0.15, 0.2) is 5.78 Å². The van der Waals surface area contributed by atoms with Crippen LogP contribution in [-0.4, -0.2) is 29.1 Å². The number of benzene rings is 1. The van der Waals surface area contributed by atoms with Gasteiger partial charge in [-0.25, -0.2) is 0 Å². The molecule has 0 saturated heterocycles. The highest BCUT2D eigenvalue weighted by atomic mass is 16.2. The summed E-state index contributed by atoms with van der Waals surface area (Å²) in [7, 11) is 0. The molecule has 2 amide bonds. The van der Waals surface area contributed by atoms with Gasteiger partial charge < -0.3 is 10.6 Å². The predicted molar refractivity (Wildman–Crippen MR) is 85.9 cm³/mol. The molecule has 0 aliphatic rings. The monoisotopic (exact) mass is 311 g/mol. The molecule has 0 fully saturated rings. The molecule has 0 saturated carbocycles. The van der Waals surface area contributed by atoms with Crippen LogP contribution in [0.25, 0.3) is 0 Å². The second kappa shape index (κ2) is 8.43. The largest absolute Gasteiger partial charge is 0.347 e. The number of carbonyl (C=O) groups excluding carboxylic acids is 3. The second-order valence-electron chi connectivity index (χ2n) is 4.86. The van der Waals surface area contributed by atoms with Gasteiger partial charge in [0.2, 0.25) is 11.8 Å². The summed E-state index contributed by atoms with van der Waals surface area (Å²) in [6.07, 6.45) is 3.16. The summed E-state index contributed by atoms with van der Waals surface area (Å²) < 4.78 is 0. The minimum absolute atomic E-state index is 0.0341. The highest BCUT2D eigenvalue weighted by Crippen LogP contribution is 2.05. The standard InChI is InChI=1S/C17H17N3O3/c21-15(13-5-4-10-18-11-13)8-9-16(22)19-12-17(23)20-14-6-2-1-3-7-14/h1-7,10-11H,8-9,12H2,(H,19,22)(H,20,23). The van der Waals surface area contributed by atoms with Crippen molar-refractivity contribution in [1.29, 1.82) is 0 Å². The van der Waals surface area contributed by atoms with Crippen molar-refractivity contribution in [2.24, 2.45) is 0 Å². The molecule has 1 aromatic carbocycles. The maximum absolute atomic E-state index is 11.8. The van der Waals surface area contributed by atoms with E-state index in [2.05, 4.69) is 15.6 Å². The maximum atomic E-state index is 11.8. The van der Waals surface area contributed by atoms with Crippen LogP contribution in [-0.2, 0) is 9.59 Å². The van der Waals surface area contributed by atoms with E-state index in [9.17, 15) is 14.4 Å². The van der Waals surface area contributed by atoms with Gasteiger partial charge in [0, 0.05) is 36.5 Å². The lowest BCUT2D eigenvalue weighted by molar-refractivity contribution is -0.124. The van der Waals surface area contributed by atoms with Gasteiger partial charge in [-0.2, -0.15) is 0 Å². The van der Waals surface area contributed by atoms with E-state index in [0.717, 1.165) is 0 Å². The van der Waals surface area contributed by atoms with Gasteiger partial charge >= 0.3 is 0 Å². The van der Waals surface area contributed by atoms with Crippen molar-refractivity contribution in [2.45, 2.75) is 12.8 Å². The number of Topliss-reactive ketones (excluding diaryl/α,β-unsaturated/α-hetero) is 1. The smallest absolute Gasteiger partial charge is 0.243 e. The molecule has 0 aliphatic heterocycles. The number of anilines is 1. The molecule has 2 aromatic rings. The number of amides is 2. The number of aromatic nitrogens is 1. The number of para-hydroxylation sites is 1. The van der Waals surface area contributed by atoms with E-state index in [1.165, 1.54) is 6.20 Å². The molecule has 0 spiro atoms. The summed E-state index contributed by atoms with van der Waals surface area (Å²) >= 11 is 0. The molecule has 118 valence electrons. The topological polar surface area (TPSA) is 88.2 Å². The molecule has 6 nitrogen and oxygen atoms in total. The zero-order valence-corrected chi connectivity index (χ0v) is 12.5. The van der Waals surface area contributed by atoms with E-state index in [1.807, 2.05) is 6.07 Å². The Labute approximate surface area is 133 Å². The van der Waals surface area contributed by atoms with Gasteiger partial charge in [-0.15, -0.1) is 0 Å². The van der Waals surface area contributed by atoms with Crippen molar-refractivity contribution in [3.63, 3.8) is 0 Å². The van der Waals surface area contributed by atoms with Gasteiger partial charge in [0.05, 0.1) is 6.54 Å². The number of carbonyl (C=O) groups is 3. The van der Waals surface area contributed by atoms with Gasteiger partial charge in [-0.1, -0.05) is 18.2 Å². The first-order valence-corrected chi connectivity index (χ1v) is 7.20. The van der Waals surface area contributed by atoms with E-state index >= 15 is 0 Å². The lowest BCUT2D eigenvalue weighted by Crippen LogP contribution is -2.33. The number of ketones is 1. The van der Waals surface area contributed by atoms with Crippen molar-refractivity contribution < 1.29 is 14.4 Å². The quantitative estimate of drug-likeness (QED) is 0.763. The third-order valence-corrected chi connectivity index (χ3v) is 3.07. The normalized spacial score (nSPS) is 9.91. The van der Waals surface area contributed by atoms with Crippen molar-refractivity contribution in [1.82, 2.24) is 10.3 Å². The Kier molecular flexibility index (Phi) is 5.99. The van der Waals surface area contributed by atoms with Crippen LogP contribution >= 0.6 is 0 Å². The number of rotatable bonds is 7. The molecule has 0 radical (unpaired) electrons.